The average Bonchev–Trinajstić information content (AvgIpc) is 3.49. The van der Waals surface area contributed by atoms with Crippen molar-refractivity contribution in [3.8, 4) is 0 Å². The number of hydrogen-bond acceptors (Lipinski definition) is 9. The number of ether oxygens (including phenoxy) is 3. The second-order valence-corrected chi connectivity index (χ2v) is 8.41. The Morgan fingerprint density at radius 1 is 0.914 bits per heavy atom. The molecule has 2 bridgehead atoms. The van der Waals surface area contributed by atoms with Gasteiger partial charge in [-0.3, -0.25) is 19.2 Å². The van der Waals surface area contributed by atoms with Gasteiger partial charge in [-0.05, 0) is 42.5 Å². The van der Waals surface area contributed by atoms with Gasteiger partial charge in [0, 0.05) is 13.8 Å². The zero-order valence-corrected chi connectivity index (χ0v) is 18.9. The van der Waals surface area contributed by atoms with Crippen LogP contribution in [0.5, 0.6) is 0 Å². The SMILES string of the molecule is CC(=O)OC(OC(C)=O)[C@@]12C=C[C@@H](O1)[C@H]1C(=O)N(c3ccc(N=Nc4ccccc4)cc3)C(=O)[C@H]12. The highest BCUT2D eigenvalue weighted by Crippen LogP contribution is 2.54. The Kier molecular flexibility index (Phi) is 5.52. The molecule has 0 aromatic heterocycles. The lowest BCUT2D eigenvalue weighted by Gasteiger charge is -2.34. The Morgan fingerprint density at radius 3 is 2.11 bits per heavy atom. The molecule has 3 aliphatic heterocycles. The molecule has 10 heteroatoms. The van der Waals surface area contributed by atoms with Crippen LogP contribution in [0.2, 0.25) is 0 Å². The summed E-state index contributed by atoms with van der Waals surface area (Å²) in [6.07, 6.45) is 0.945. The van der Waals surface area contributed by atoms with E-state index >= 15 is 0 Å². The minimum atomic E-state index is -1.59. The van der Waals surface area contributed by atoms with Crippen molar-refractivity contribution in [1.29, 1.82) is 0 Å². The summed E-state index contributed by atoms with van der Waals surface area (Å²) in [4.78, 5) is 51.3. The highest BCUT2D eigenvalue weighted by Gasteiger charge is 2.72. The predicted molar refractivity (Wildman–Crippen MR) is 121 cm³/mol. The molecule has 178 valence electrons. The van der Waals surface area contributed by atoms with Crippen molar-refractivity contribution >= 4 is 40.8 Å². The largest absolute Gasteiger partial charge is 0.422 e. The first-order valence-corrected chi connectivity index (χ1v) is 11.0. The molecule has 2 aromatic carbocycles. The number of anilines is 1. The van der Waals surface area contributed by atoms with E-state index in [1.54, 1.807) is 30.3 Å². The van der Waals surface area contributed by atoms with Crippen molar-refractivity contribution in [2.75, 3.05) is 4.90 Å². The van der Waals surface area contributed by atoms with Crippen LogP contribution in [0.25, 0.3) is 0 Å². The fourth-order valence-electron chi connectivity index (χ4n) is 4.75. The van der Waals surface area contributed by atoms with Gasteiger partial charge in [0.1, 0.15) is 0 Å². The molecule has 35 heavy (non-hydrogen) atoms. The van der Waals surface area contributed by atoms with Crippen LogP contribution in [0.3, 0.4) is 0 Å². The van der Waals surface area contributed by atoms with Crippen LogP contribution >= 0.6 is 0 Å². The summed E-state index contributed by atoms with van der Waals surface area (Å²) >= 11 is 0. The lowest BCUT2D eigenvalue weighted by Crippen LogP contribution is -2.52. The van der Waals surface area contributed by atoms with Crippen molar-refractivity contribution in [2.24, 2.45) is 22.1 Å². The molecule has 5 rings (SSSR count). The molecule has 4 atom stereocenters. The third kappa shape index (κ3) is 3.81. The normalized spacial score (nSPS) is 26.6. The van der Waals surface area contributed by atoms with Gasteiger partial charge >= 0.3 is 11.9 Å². The van der Waals surface area contributed by atoms with Crippen molar-refractivity contribution in [2.45, 2.75) is 31.8 Å². The number of rotatable bonds is 6. The van der Waals surface area contributed by atoms with Crippen LogP contribution in [0, 0.1) is 11.8 Å². The third-order valence-electron chi connectivity index (χ3n) is 6.14. The van der Waals surface area contributed by atoms with Gasteiger partial charge in [-0.2, -0.15) is 10.2 Å². The third-order valence-corrected chi connectivity index (χ3v) is 6.14. The monoisotopic (exact) mass is 475 g/mol. The lowest BCUT2D eigenvalue weighted by molar-refractivity contribution is -0.226. The van der Waals surface area contributed by atoms with E-state index in [9.17, 15) is 19.2 Å². The maximum atomic E-state index is 13.5. The van der Waals surface area contributed by atoms with E-state index in [-0.39, 0.29) is 0 Å². The second-order valence-electron chi connectivity index (χ2n) is 8.41. The highest BCUT2D eigenvalue weighted by molar-refractivity contribution is 6.23. The fourth-order valence-corrected chi connectivity index (χ4v) is 4.75. The number of carbonyl (C=O) groups excluding carboxylic acids is 4. The van der Waals surface area contributed by atoms with Crippen LogP contribution in [0.15, 0.2) is 77.0 Å². The maximum absolute atomic E-state index is 13.5. The number of azo groups is 1. The van der Waals surface area contributed by atoms with Gasteiger partial charge < -0.3 is 14.2 Å². The predicted octanol–water partition coefficient (Wildman–Crippen LogP) is 3.37. The van der Waals surface area contributed by atoms with Crippen LogP contribution in [0.4, 0.5) is 17.1 Å². The summed E-state index contributed by atoms with van der Waals surface area (Å²) in [5, 5.41) is 8.33. The quantitative estimate of drug-likeness (QED) is 0.206. The van der Waals surface area contributed by atoms with Crippen LogP contribution in [0.1, 0.15) is 13.8 Å². The average molecular weight is 475 g/mol. The Labute approximate surface area is 200 Å². The van der Waals surface area contributed by atoms with Crippen molar-refractivity contribution in [3.05, 3.63) is 66.7 Å². The highest BCUT2D eigenvalue weighted by atomic mass is 16.7. The Balaban J connectivity index is 1.42. The molecule has 2 amide bonds. The minimum absolute atomic E-state index is 0.360. The van der Waals surface area contributed by atoms with E-state index < -0.39 is 53.6 Å². The number of esters is 2. The number of carbonyl (C=O) groups is 4. The lowest BCUT2D eigenvalue weighted by atomic mass is 9.76. The molecular formula is C25H21N3O7. The number of benzene rings is 2. The maximum Gasteiger partial charge on any atom is 0.305 e. The van der Waals surface area contributed by atoms with E-state index in [1.165, 1.54) is 6.08 Å². The minimum Gasteiger partial charge on any atom is -0.422 e. The number of fused-ring (bicyclic) bond motifs is 5. The molecule has 2 aromatic rings. The molecule has 0 radical (unpaired) electrons. The topological polar surface area (TPSA) is 124 Å². The number of nitrogens with zero attached hydrogens (tertiary/aromatic N) is 3. The summed E-state index contributed by atoms with van der Waals surface area (Å²) in [5.41, 5.74) is 0.0119. The van der Waals surface area contributed by atoms with Gasteiger partial charge in [-0.25, -0.2) is 4.90 Å². The van der Waals surface area contributed by atoms with E-state index in [2.05, 4.69) is 10.2 Å². The van der Waals surface area contributed by atoms with Crippen molar-refractivity contribution < 1.29 is 33.4 Å². The Bertz CT molecular complexity index is 1240. The smallest absolute Gasteiger partial charge is 0.305 e. The molecule has 0 saturated carbocycles. The van der Waals surface area contributed by atoms with Gasteiger partial charge in [-0.15, -0.1) is 0 Å². The summed E-state index contributed by atoms with van der Waals surface area (Å²) in [5.74, 6) is -4.27. The molecule has 3 aliphatic rings. The van der Waals surface area contributed by atoms with Crippen LogP contribution in [-0.2, 0) is 33.4 Å². The molecule has 3 heterocycles. The summed E-state index contributed by atoms with van der Waals surface area (Å²) in [6, 6.07) is 15.7. The molecular weight excluding hydrogens is 454 g/mol. The molecule has 2 fully saturated rings. The summed E-state index contributed by atoms with van der Waals surface area (Å²) in [6.45, 7) is 2.31. The van der Waals surface area contributed by atoms with Crippen LogP contribution < -0.4 is 4.90 Å². The first-order chi connectivity index (χ1) is 16.8. The zero-order valence-electron chi connectivity index (χ0n) is 18.9. The summed E-state index contributed by atoms with van der Waals surface area (Å²) < 4.78 is 16.4. The van der Waals surface area contributed by atoms with Gasteiger partial charge in [0.25, 0.3) is 6.29 Å². The zero-order chi connectivity index (χ0) is 24.7. The molecule has 0 N–H and O–H groups in total. The fraction of sp³-hybridized carbons (Fsp3) is 0.280. The number of imide groups is 1. The first-order valence-electron chi connectivity index (χ1n) is 11.0. The molecule has 2 saturated heterocycles. The van der Waals surface area contributed by atoms with Crippen LogP contribution in [-0.4, -0.2) is 41.7 Å². The van der Waals surface area contributed by atoms with Gasteiger partial charge in [-0.1, -0.05) is 24.3 Å². The van der Waals surface area contributed by atoms with Crippen molar-refractivity contribution in [3.63, 3.8) is 0 Å². The Morgan fingerprint density at radius 2 is 1.51 bits per heavy atom. The van der Waals surface area contributed by atoms with Gasteiger partial charge in [0.05, 0.1) is 35.0 Å². The summed E-state index contributed by atoms with van der Waals surface area (Å²) in [7, 11) is 0. The number of hydrogen-bond donors (Lipinski definition) is 0. The number of amides is 2. The van der Waals surface area contributed by atoms with Gasteiger partial charge in [0.15, 0.2) is 5.60 Å². The first kappa shape index (κ1) is 22.6. The standard InChI is InChI=1S/C25H21N3O7/c1-14(29)33-24(34-15(2)30)25-13-12-19(35-25)20-21(25)23(32)28(22(20)31)18-10-8-17(9-11-18)27-26-16-6-4-3-5-7-16/h3-13,19-21,24H,1-2H3/t19-,20-,21+,25+/m1/s1. The molecule has 0 spiro atoms. The van der Waals surface area contributed by atoms with Gasteiger partial charge in [0.2, 0.25) is 11.8 Å². The Hall–Kier alpha value is -4.18. The van der Waals surface area contributed by atoms with E-state index in [0.29, 0.717) is 17.1 Å². The van der Waals surface area contributed by atoms with E-state index in [4.69, 9.17) is 14.2 Å². The molecule has 0 unspecified atom stereocenters. The van der Waals surface area contributed by atoms with E-state index in [0.717, 1.165) is 18.7 Å². The van der Waals surface area contributed by atoms with Crippen molar-refractivity contribution in [1.82, 2.24) is 0 Å². The molecule has 10 nitrogen and oxygen atoms in total. The second kappa shape index (κ2) is 8.55. The van der Waals surface area contributed by atoms with E-state index in [1.807, 2.05) is 30.3 Å². The molecule has 0 aliphatic carbocycles.